The first kappa shape index (κ1) is 16.8. The Morgan fingerprint density at radius 3 is 2.68 bits per heavy atom. The molecular formula is C14H19ClN4O2S. The molecule has 1 amide bonds. The Bertz CT molecular complexity index is 590. The van der Waals surface area contributed by atoms with Gasteiger partial charge in [0, 0.05) is 13.1 Å². The van der Waals surface area contributed by atoms with Crippen LogP contribution in [0.2, 0.25) is 5.15 Å². The predicted molar refractivity (Wildman–Crippen MR) is 88.8 cm³/mol. The number of nitrogens with one attached hydrogen (secondary N) is 3. The molecule has 6 nitrogen and oxygen atoms in total. The van der Waals surface area contributed by atoms with Crippen molar-refractivity contribution in [1.29, 1.82) is 0 Å². The molecule has 0 radical (unpaired) electrons. The van der Waals surface area contributed by atoms with Gasteiger partial charge in [0.15, 0.2) is 5.11 Å². The Morgan fingerprint density at radius 2 is 2.14 bits per heavy atom. The molecule has 2 rings (SSSR count). The number of halogens is 1. The lowest BCUT2D eigenvalue weighted by molar-refractivity contribution is -0.132. The molecule has 0 bridgehead atoms. The lowest BCUT2D eigenvalue weighted by atomic mass is 9.59. The number of amides is 1. The number of methoxy groups -OCH3 is 1. The highest BCUT2D eigenvalue weighted by Gasteiger charge is 2.50. The van der Waals surface area contributed by atoms with Gasteiger partial charge < -0.3 is 10.1 Å². The summed E-state index contributed by atoms with van der Waals surface area (Å²) in [5, 5.41) is 3.39. The molecule has 1 saturated carbocycles. The number of carbonyl (C=O) groups excluding carboxylic acids is 1. The molecule has 3 N–H and O–H groups in total. The third-order valence-corrected chi connectivity index (χ3v) is 4.38. The summed E-state index contributed by atoms with van der Waals surface area (Å²) in [7, 11) is 3.20. The van der Waals surface area contributed by atoms with Gasteiger partial charge in [-0.15, -0.1) is 0 Å². The summed E-state index contributed by atoms with van der Waals surface area (Å²) < 4.78 is 5.15. The number of ether oxygens (including phenoxy) is 1. The molecule has 0 unspecified atom stereocenters. The summed E-state index contributed by atoms with van der Waals surface area (Å²) in [6.45, 7) is 2.11. The average molecular weight is 343 g/mol. The smallest absolute Gasteiger partial charge is 0.249 e. The summed E-state index contributed by atoms with van der Waals surface area (Å²) in [6, 6.07) is 3.47. The summed E-state index contributed by atoms with van der Waals surface area (Å²) in [4.78, 5) is 16.7. The van der Waals surface area contributed by atoms with E-state index in [9.17, 15) is 4.79 Å². The van der Waals surface area contributed by atoms with Gasteiger partial charge in [0.05, 0.1) is 12.5 Å². The molecule has 0 spiro atoms. The van der Waals surface area contributed by atoms with Crippen molar-refractivity contribution in [3.63, 3.8) is 0 Å². The highest BCUT2D eigenvalue weighted by Crippen LogP contribution is 2.48. The molecule has 1 aliphatic rings. The Morgan fingerprint density at radius 1 is 1.45 bits per heavy atom. The molecule has 8 heteroatoms. The number of hydrazine groups is 1. The van der Waals surface area contributed by atoms with Gasteiger partial charge in [-0.2, -0.15) is 0 Å². The van der Waals surface area contributed by atoms with Crippen LogP contribution < -0.4 is 20.9 Å². The van der Waals surface area contributed by atoms with E-state index in [0.29, 0.717) is 22.1 Å². The normalized spacial score (nSPS) is 23.2. The second-order valence-electron chi connectivity index (χ2n) is 5.47. The molecule has 1 aromatic heterocycles. The van der Waals surface area contributed by atoms with E-state index in [0.717, 1.165) is 18.4 Å². The molecule has 1 aromatic rings. The van der Waals surface area contributed by atoms with Crippen LogP contribution in [0.1, 0.15) is 25.3 Å². The lowest BCUT2D eigenvalue weighted by Gasteiger charge is -2.45. The molecule has 0 aliphatic heterocycles. The van der Waals surface area contributed by atoms with Crippen molar-refractivity contribution in [1.82, 2.24) is 21.2 Å². The van der Waals surface area contributed by atoms with E-state index in [2.05, 4.69) is 28.1 Å². The highest BCUT2D eigenvalue weighted by molar-refractivity contribution is 7.80. The van der Waals surface area contributed by atoms with Crippen LogP contribution in [0.4, 0.5) is 0 Å². The Labute approximate surface area is 139 Å². The minimum Gasteiger partial charge on any atom is -0.481 e. The maximum atomic E-state index is 12.7. The number of hydrogen-bond donors (Lipinski definition) is 3. The van der Waals surface area contributed by atoms with Crippen molar-refractivity contribution < 1.29 is 9.53 Å². The number of carbonyl (C=O) groups is 1. The minimum atomic E-state index is -0.643. The third kappa shape index (κ3) is 3.25. The summed E-state index contributed by atoms with van der Waals surface area (Å²) in [6.07, 6.45) is 1.46. The van der Waals surface area contributed by atoms with Crippen LogP contribution in [0.5, 0.6) is 5.88 Å². The number of nitrogens with zero attached hydrogens (tertiary/aromatic N) is 1. The fourth-order valence-corrected chi connectivity index (χ4v) is 3.08. The standard InChI is InChI=1S/C14H19ClN4O2S/c1-8-6-14(7-8,12(20)18-19-13(22)16-2)9-4-10(15)17-11(5-9)21-3/h4-5,8H,6-7H2,1-3H3,(H,18,20)(H2,16,19,22). The zero-order chi connectivity index (χ0) is 16.3. The van der Waals surface area contributed by atoms with Gasteiger partial charge in [-0.3, -0.25) is 15.6 Å². The molecule has 0 saturated heterocycles. The largest absolute Gasteiger partial charge is 0.481 e. The summed E-state index contributed by atoms with van der Waals surface area (Å²) in [5.74, 6) is 0.709. The van der Waals surface area contributed by atoms with Gasteiger partial charge in [0.25, 0.3) is 0 Å². The van der Waals surface area contributed by atoms with Gasteiger partial charge in [-0.25, -0.2) is 4.98 Å². The van der Waals surface area contributed by atoms with E-state index in [1.807, 2.05) is 0 Å². The maximum absolute atomic E-state index is 12.7. The monoisotopic (exact) mass is 342 g/mol. The van der Waals surface area contributed by atoms with Crippen molar-refractivity contribution in [3.05, 3.63) is 22.8 Å². The van der Waals surface area contributed by atoms with Crippen molar-refractivity contribution in [2.45, 2.75) is 25.2 Å². The van der Waals surface area contributed by atoms with Crippen LogP contribution in [0.25, 0.3) is 0 Å². The molecular weight excluding hydrogens is 324 g/mol. The first-order valence-electron chi connectivity index (χ1n) is 6.91. The number of pyridine rings is 1. The zero-order valence-corrected chi connectivity index (χ0v) is 14.3. The van der Waals surface area contributed by atoms with E-state index < -0.39 is 5.41 Å². The van der Waals surface area contributed by atoms with Gasteiger partial charge in [0.1, 0.15) is 5.15 Å². The lowest BCUT2D eigenvalue weighted by Crippen LogP contribution is -2.57. The van der Waals surface area contributed by atoms with Crippen LogP contribution in [0.3, 0.4) is 0 Å². The van der Waals surface area contributed by atoms with Gasteiger partial charge >= 0.3 is 0 Å². The Hall–Kier alpha value is -1.60. The Kier molecular flexibility index (Phi) is 5.08. The van der Waals surface area contributed by atoms with Crippen LogP contribution >= 0.6 is 23.8 Å². The van der Waals surface area contributed by atoms with Crippen LogP contribution in [-0.4, -0.2) is 30.2 Å². The van der Waals surface area contributed by atoms with Crippen LogP contribution in [-0.2, 0) is 10.2 Å². The number of thiocarbonyl (C=S) groups is 1. The van der Waals surface area contributed by atoms with E-state index in [-0.39, 0.29) is 5.91 Å². The fraction of sp³-hybridized carbons (Fsp3) is 0.500. The van der Waals surface area contributed by atoms with Gasteiger partial charge in [-0.1, -0.05) is 18.5 Å². The van der Waals surface area contributed by atoms with Crippen LogP contribution in [0, 0.1) is 5.92 Å². The molecule has 120 valence electrons. The van der Waals surface area contributed by atoms with E-state index in [1.165, 1.54) is 7.11 Å². The van der Waals surface area contributed by atoms with E-state index in [4.69, 9.17) is 28.6 Å². The summed E-state index contributed by atoms with van der Waals surface area (Å²) in [5.41, 5.74) is 5.49. The van der Waals surface area contributed by atoms with Gasteiger partial charge in [-0.05, 0) is 42.6 Å². The van der Waals surface area contributed by atoms with Crippen molar-refractivity contribution in [2.24, 2.45) is 5.92 Å². The zero-order valence-electron chi connectivity index (χ0n) is 12.7. The third-order valence-electron chi connectivity index (χ3n) is 3.88. The number of rotatable bonds is 3. The van der Waals surface area contributed by atoms with E-state index >= 15 is 0 Å². The van der Waals surface area contributed by atoms with Crippen LogP contribution in [0.15, 0.2) is 12.1 Å². The first-order valence-corrected chi connectivity index (χ1v) is 7.70. The minimum absolute atomic E-state index is 0.146. The summed E-state index contributed by atoms with van der Waals surface area (Å²) >= 11 is 11.0. The molecule has 0 atom stereocenters. The number of hydrogen-bond acceptors (Lipinski definition) is 4. The fourth-order valence-electron chi connectivity index (χ4n) is 2.83. The average Bonchev–Trinajstić information content (AvgIpc) is 2.47. The topological polar surface area (TPSA) is 75.3 Å². The molecule has 1 aliphatic carbocycles. The van der Waals surface area contributed by atoms with Gasteiger partial charge in [0.2, 0.25) is 11.8 Å². The number of aromatic nitrogens is 1. The van der Waals surface area contributed by atoms with E-state index in [1.54, 1.807) is 19.2 Å². The maximum Gasteiger partial charge on any atom is 0.249 e. The van der Waals surface area contributed by atoms with Crippen molar-refractivity contribution >= 4 is 34.8 Å². The predicted octanol–water partition coefficient (Wildman–Crippen LogP) is 1.54. The highest BCUT2D eigenvalue weighted by atomic mass is 35.5. The molecule has 1 fully saturated rings. The first-order chi connectivity index (χ1) is 10.4. The molecule has 22 heavy (non-hydrogen) atoms. The van der Waals surface area contributed by atoms with Crippen molar-refractivity contribution in [2.75, 3.05) is 14.2 Å². The molecule has 0 aromatic carbocycles. The quantitative estimate of drug-likeness (QED) is 0.439. The van der Waals surface area contributed by atoms with Crippen molar-refractivity contribution in [3.8, 4) is 5.88 Å². The second kappa shape index (κ2) is 6.66. The molecule has 1 heterocycles. The SMILES string of the molecule is CNC(=S)NNC(=O)C1(c2cc(Cl)nc(OC)c2)CC(C)C1. The Balaban J connectivity index is 2.27. The second-order valence-corrected chi connectivity index (χ2v) is 6.27.